The first-order valence-corrected chi connectivity index (χ1v) is 14.9. The van der Waals surface area contributed by atoms with Crippen LogP contribution >= 0.6 is 0 Å². The Bertz CT molecular complexity index is 1830. The Morgan fingerprint density at radius 3 is 2.15 bits per heavy atom. The molecule has 2 aliphatic rings. The summed E-state index contributed by atoms with van der Waals surface area (Å²) in [4.78, 5) is 25.7. The van der Waals surface area contributed by atoms with Crippen molar-refractivity contribution in [2.75, 3.05) is 0 Å². The fourth-order valence-corrected chi connectivity index (χ4v) is 6.02. The number of hydrogen-bond acceptors (Lipinski definition) is 12. The summed E-state index contributed by atoms with van der Waals surface area (Å²) in [7, 11) is 0. The van der Waals surface area contributed by atoms with Gasteiger partial charge < -0.3 is 50.0 Å². The van der Waals surface area contributed by atoms with Crippen molar-refractivity contribution >= 4 is 11.9 Å². The number of phenols is 6. The molecule has 244 valence electrons. The van der Waals surface area contributed by atoms with E-state index in [4.69, 9.17) is 14.2 Å². The van der Waals surface area contributed by atoms with Crippen LogP contribution in [0.15, 0.2) is 66.7 Å². The highest BCUT2D eigenvalue weighted by atomic mass is 16.6. The molecule has 4 atom stereocenters. The van der Waals surface area contributed by atoms with E-state index in [-0.39, 0.29) is 65.7 Å². The first-order chi connectivity index (χ1) is 22.5. The minimum Gasteiger partial charge on any atom is -0.508 e. The van der Waals surface area contributed by atoms with Gasteiger partial charge in [-0.1, -0.05) is 24.3 Å². The number of carbonyl (C=O) groups excluding carboxylic acids is 2. The number of carbonyl (C=O) groups is 2. The summed E-state index contributed by atoms with van der Waals surface area (Å²) in [5.41, 5.74) is 2.28. The number of benzene rings is 4. The van der Waals surface area contributed by atoms with E-state index < -0.39 is 47.7 Å². The van der Waals surface area contributed by atoms with Gasteiger partial charge >= 0.3 is 11.9 Å². The van der Waals surface area contributed by atoms with Crippen LogP contribution in [0.4, 0.5) is 0 Å². The molecule has 0 saturated carbocycles. The maximum Gasteiger partial charge on any atom is 0.312 e. The average molecular weight is 645 g/mol. The fourth-order valence-electron chi connectivity index (χ4n) is 6.02. The zero-order chi connectivity index (χ0) is 33.4. The van der Waals surface area contributed by atoms with Gasteiger partial charge in [-0.3, -0.25) is 9.59 Å². The molecular formula is C35H32O12. The third-order valence-corrected chi connectivity index (χ3v) is 8.41. The molecule has 12 heteroatoms. The molecule has 0 amide bonds. The maximum atomic E-state index is 13.1. The van der Waals surface area contributed by atoms with Crippen molar-refractivity contribution in [1.82, 2.24) is 0 Å². The van der Waals surface area contributed by atoms with Crippen LogP contribution in [0, 0.1) is 0 Å². The Kier molecular flexibility index (Phi) is 8.44. The Morgan fingerprint density at radius 1 is 0.809 bits per heavy atom. The average Bonchev–Trinajstić information content (AvgIpc) is 3.03. The van der Waals surface area contributed by atoms with Crippen LogP contribution in [0.1, 0.15) is 59.1 Å². The molecule has 0 saturated heterocycles. The number of aromatic hydroxyl groups is 6. The van der Waals surface area contributed by atoms with Gasteiger partial charge in [0.15, 0.2) is 29.1 Å². The summed E-state index contributed by atoms with van der Waals surface area (Å²) in [6, 6.07) is 15.9. The van der Waals surface area contributed by atoms with Crippen LogP contribution in [0.2, 0.25) is 0 Å². The Labute approximate surface area is 268 Å². The second-order valence-electron chi connectivity index (χ2n) is 11.7. The van der Waals surface area contributed by atoms with Crippen molar-refractivity contribution in [3.63, 3.8) is 0 Å². The number of rotatable bonds is 8. The molecule has 47 heavy (non-hydrogen) atoms. The number of phenolic OH excluding ortho intramolecular Hbond substituents is 6. The zero-order valence-corrected chi connectivity index (χ0v) is 24.9. The molecule has 0 bridgehead atoms. The molecule has 1 unspecified atom stereocenters. The molecule has 4 aromatic rings. The van der Waals surface area contributed by atoms with Crippen molar-refractivity contribution in [3.8, 4) is 46.0 Å². The zero-order valence-electron chi connectivity index (χ0n) is 24.9. The second-order valence-corrected chi connectivity index (χ2v) is 11.7. The molecule has 6 rings (SSSR count). The third kappa shape index (κ3) is 6.54. The van der Waals surface area contributed by atoms with Crippen LogP contribution in [-0.4, -0.2) is 59.9 Å². The third-order valence-electron chi connectivity index (χ3n) is 8.41. The van der Waals surface area contributed by atoms with E-state index in [1.807, 2.05) is 0 Å². The predicted molar refractivity (Wildman–Crippen MR) is 164 cm³/mol. The molecule has 0 fully saturated rings. The lowest BCUT2D eigenvalue weighted by molar-refractivity contribution is -0.157. The van der Waals surface area contributed by atoms with E-state index in [0.717, 1.165) is 5.56 Å². The van der Waals surface area contributed by atoms with E-state index >= 15 is 0 Å². The van der Waals surface area contributed by atoms with E-state index in [2.05, 4.69) is 0 Å². The molecule has 7 N–H and O–H groups in total. The lowest BCUT2D eigenvalue weighted by atomic mass is 9.82. The lowest BCUT2D eigenvalue weighted by Crippen LogP contribution is -2.36. The first-order valence-electron chi connectivity index (χ1n) is 14.9. The maximum absolute atomic E-state index is 13.1. The van der Waals surface area contributed by atoms with Crippen molar-refractivity contribution < 1.29 is 59.5 Å². The van der Waals surface area contributed by atoms with Crippen molar-refractivity contribution in [2.45, 2.75) is 56.3 Å². The number of aliphatic hydroxyl groups is 1. The number of aryl methyl sites for hydroxylation is 1. The van der Waals surface area contributed by atoms with Crippen LogP contribution in [-0.2, 0) is 27.2 Å². The van der Waals surface area contributed by atoms with Crippen LogP contribution in [0.5, 0.6) is 46.0 Å². The fraction of sp³-hybridized carbons (Fsp3) is 0.257. The quantitative estimate of drug-likeness (QED) is 0.0814. The van der Waals surface area contributed by atoms with Crippen molar-refractivity contribution in [2.24, 2.45) is 0 Å². The highest BCUT2D eigenvalue weighted by Crippen LogP contribution is 2.53. The van der Waals surface area contributed by atoms with Crippen LogP contribution < -0.4 is 9.47 Å². The summed E-state index contributed by atoms with van der Waals surface area (Å²) in [6.07, 6.45) is -3.04. The van der Waals surface area contributed by atoms with Crippen LogP contribution in [0.25, 0.3) is 0 Å². The topological polar surface area (TPSA) is 203 Å². The number of ether oxygens (including phenoxy) is 3. The van der Waals surface area contributed by atoms with Crippen molar-refractivity contribution in [1.29, 1.82) is 0 Å². The molecule has 0 radical (unpaired) electrons. The normalized spacial score (nSPS) is 19.1. The molecule has 0 aromatic heterocycles. The van der Waals surface area contributed by atoms with Gasteiger partial charge in [0.05, 0.1) is 18.9 Å². The largest absolute Gasteiger partial charge is 0.508 e. The van der Waals surface area contributed by atoms with Gasteiger partial charge in [-0.25, -0.2) is 0 Å². The van der Waals surface area contributed by atoms with Gasteiger partial charge in [-0.2, -0.15) is 0 Å². The van der Waals surface area contributed by atoms with Gasteiger partial charge in [0.1, 0.15) is 29.1 Å². The van der Waals surface area contributed by atoms with Gasteiger partial charge in [-0.05, 0) is 60.4 Å². The molecule has 2 heterocycles. The van der Waals surface area contributed by atoms with E-state index in [0.29, 0.717) is 23.1 Å². The first kappa shape index (κ1) is 31.4. The summed E-state index contributed by atoms with van der Waals surface area (Å²) in [5.74, 6) is -3.64. The number of aliphatic hydroxyl groups excluding tert-OH is 1. The molecular weight excluding hydrogens is 612 g/mol. The molecule has 0 aliphatic carbocycles. The second kappa shape index (κ2) is 12.6. The summed E-state index contributed by atoms with van der Waals surface area (Å²) in [5, 5.41) is 71.4. The summed E-state index contributed by atoms with van der Waals surface area (Å²) in [6.45, 7) is 0. The minimum absolute atomic E-state index is 0.0227. The highest BCUT2D eigenvalue weighted by molar-refractivity contribution is 5.80. The van der Waals surface area contributed by atoms with Gasteiger partial charge in [0, 0.05) is 35.1 Å². The Hall–Kier alpha value is -5.62. The molecule has 4 aromatic carbocycles. The minimum atomic E-state index is -1.08. The number of esters is 2. The summed E-state index contributed by atoms with van der Waals surface area (Å²) < 4.78 is 17.7. The molecule has 2 aliphatic heterocycles. The monoisotopic (exact) mass is 644 g/mol. The van der Waals surface area contributed by atoms with E-state index in [1.165, 1.54) is 54.6 Å². The summed E-state index contributed by atoms with van der Waals surface area (Å²) >= 11 is 0. The highest BCUT2D eigenvalue weighted by Gasteiger charge is 2.42. The molecule has 0 spiro atoms. The van der Waals surface area contributed by atoms with E-state index in [1.54, 1.807) is 12.1 Å². The van der Waals surface area contributed by atoms with Gasteiger partial charge in [0.2, 0.25) is 0 Å². The standard InChI is InChI=1S/C35H32O12/c36-20-6-1-17(2-7-20)3-8-21(37)13-31(43)46-30-14-23-26(40)16-29-33(35(23)47-34(30)19-5-10-25(39)28(42)12-19)22(15-32(44)45-29)18-4-9-24(38)27(41)11-18/h1-2,4-7,9-12,16,21-22,30,34,36-42H,3,8,13-15H2/t21?,22-,30+,34-/m1/s1. The smallest absolute Gasteiger partial charge is 0.312 e. The van der Waals surface area contributed by atoms with Crippen molar-refractivity contribution in [3.05, 3.63) is 94.5 Å². The predicted octanol–water partition coefficient (Wildman–Crippen LogP) is 4.33. The SMILES string of the molecule is O=C1C[C@H](c2ccc(O)c(O)c2)c2c(cc(O)c3c2O[C@H](c2ccc(O)c(O)c2)[C@@H](OC(=O)CC(O)CCc2ccc(O)cc2)C3)O1. The molecule has 12 nitrogen and oxygen atoms in total. The lowest BCUT2D eigenvalue weighted by Gasteiger charge is -2.37. The Morgan fingerprint density at radius 2 is 1.47 bits per heavy atom. The van der Waals surface area contributed by atoms with Gasteiger partial charge in [-0.15, -0.1) is 0 Å². The van der Waals surface area contributed by atoms with Gasteiger partial charge in [0.25, 0.3) is 0 Å². The Balaban J connectivity index is 1.32. The van der Waals surface area contributed by atoms with Crippen LogP contribution in [0.3, 0.4) is 0 Å². The number of hydrogen-bond donors (Lipinski definition) is 7. The number of fused-ring (bicyclic) bond motifs is 3. The van der Waals surface area contributed by atoms with E-state index in [9.17, 15) is 45.3 Å².